The largest absolute Gasteiger partial charge is 0.388 e. The van der Waals surface area contributed by atoms with Crippen LogP contribution in [0.3, 0.4) is 0 Å². The van der Waals surface area contributed by atoms with Crippen LogP contribution in [0.2, 0.25) is 0 Å². The molecular weight excluding hydrogens is 292 g/mol. The highest BCUT2D eigenvalue weighted by Gasteiger charge is 2.27. The second-order valence-corrected chi connectivity index (χ2v) is 6.84. The van der Waals surface area contributed by atoms with Gasteiger partial charge in [0.15, 0.2) is 0 Å². The average Bonchev–Trinajstić information content (AvgIpc) is 2.46. The van der Waals surface area contributed by atoms with Gasteiger partial charge in [0.1, 0.15) is 0 Å². The van der Waals surface area contributed by atoms with Crippen LogP contribution >= 0.6 is 0 Å². The Morgan fingerprint density at radius 2 is 1.78 bits per heavy atom. The maximum absolute atomic E-state index is 12.1. The summed E-state index contributed by atoms with van der Waals surface area (Å²) in [6.07, 6.45) is 0. The Morgan fingerprint density at radius 3 is 2.30 bits per heavy atom. The molecule has 0 aliphatic rings. The zero-order chi connectivity index (χ0) is 17.8. The van der Waals surface area contributed by atoms with Gasteiger partial charge in [-0.1, -0.05) is 45.9 Å². The van der Waals surface area contributed by atoms with Gasteiger partial charge in [0, 0.05) is 12.2 Å². The highest BCUT2D eigenvalue weighted by molar-refractivity contribution is 6.39. The van der Waals surface area contributed by atoms with Crippen LogP contribution in [0, 0.1) is 12.8 Å². The monoisotopic (exact) mass is 320 g/mol. The molecule has 0 heterocycles. The van der Waals surface area contributed by atoms with Crippen molar-refractivity contribution in [2.45, 2.75) is 53.1 Å². The molecule has 128 valence electrons. The van der Waals surface area contributed by atoms with Crippen LogP contribution in [0.1, 0.15) is 51.7 Å². The zero-order valence-corrected chi connectivity index (χ0v) is 14.9. The fourth-order valence-corrected chi connectivity index (χ4v) is 2.06. The molecule has 0 aliphatic carbocycles. The van der Waals surface area contributed by atoms with Crippen molar-refractivity contribution < 1.29 is 14.7 Å². The van der Waals surface area contributed by atoms with Crippen LogP contribution in [-0.4, -0.2) is 29.1 Å². The van der Waals surface area contributed by atoms with Gasteiger partial charge in [0.2, 0.25) is 0 Å². The molecule has 0 spiro atoms. The summed E-state index contributed by atoms with van der Waals surface area (Å²) in [6, 6.07) is 5.76. The van der Waals surface area contributed by atoms with Gasteiger partial charge in [-0.2, -0.15) is 0 Å². The first-order valence-electron chi connectivity index (χ1n) is 7.97. The average molecular weight is 320 g/mol. The van der Waals surface area contributed by atoms with Crippen LogP contribution in [0.4, 0.5) is 5.69 Å². The minimum absolute atomic E-state index is 0.0295. The lowest BCUT2D eigenvalue weighted by Gasteiger charge is -2.27. The molecule has 0 aliphatic heterocycles. The summed E-state index contributed by atoms with van der Waals surface area (Å²) in [6.45, 7) is 11.3. The van der Waals surface area contributed by atoms with E-state index in [0.29, 0.717) is 5.69 Å². The van der Waals surface area contributed by atoms with E-state index in [0.717, 1.165) is 11.1 Å². The van der Waals surface area contributed by atoms with Gasteiger partial charge in [-0.05, 0) is 36.8 Å². The van der Waals surface area contributed by atoms with Gasteiger partial charge in [-0.15, -0.1) is 0 Å². The molecule has 1 rings (SSSR count). The van der Waals surface area contributed by atoms with E-state index in [1.54, 1.807) is 6.92 Å². The topological polar surface area (TPSA) is 78.4 Å². The number of anilines is 1. The summed E-state index contributed by atoms with van der Waals surface area (Å²) in [5.41, 5.74) is 1.52. The normalized spacial score (nSPS) is 13.8. The Bertz CT molecular complexity index is 578. The van der Waals surface area contributed by atoms with Crippen molar-refractivity contribution in [1.82, 2.24) is 5.32 Å². The number of aliphatic hydroxyl groups is 1. The molecule has 0 saturated carbocycles. The molecule has 3 N–H and O–H groups in total. The number of para-hydroxylation sites is 1. The predicted octanol–water partition coefficient (Wildman–Crippen LogP) is 2.58. The summed E-state index contributed by atoms with van der Waals surface area (Å²) in [4.78, 5) is 24.1. The van der Waals surface area contributed by atoms with E-state index < -0.39 is 17.4 Å². The minimum Gasteiger partial charge on any atom is -0.388 e. The molecule has 2 amide bonds. The molecule has 5 heteroatoms. The molecule has 23 heavy (non-hydrogen) atoms. The van der Waals surface area contributed by atoms with Crippen LogP contribution < -0.4 is 10.6 Å². The van der Waals surface area contributed by atoms with Crippen molar-refractivity contribution in [1.29, 1.82) is 0 Å². The smallest absolute Gasteiger partial charge is 0.313 e. The third kappa shape index (κ3) is 5.06. The van der Waals surface area contributed by atoms with Crippen LogP contribution in [-0.2, 0) is 9.59 Å². The molecule has 1 aromatic rings. The number of benzene rings is 1. The Hall–Kier alpha value is -1.88. The Labute approximate surface area is 138 Å². The number of rotatable bonds is 5. The van der Waals surface area contributed by atoms with Gasteiger partial charge >= 0.3 is 11.8 Å². The number of amides is 2. The van der Waals surface area contributed by atoms with E-state index >= 15 is 0 Å². The Morgan fingerprint density at radius 1 is 1.17 bits per heavy atom. The van der Waals surface area contributed by atoms with Crippen LogP contribution in [0.15, 0.2) is 18.2 Å². The fraction of sp³-hybridized carbons (Fsp3) is 0.556. The van der Waals surface area contributed by atoms with E-state index in [2.05, 4.69) is 10.6 Å². The Kier molecular flexibility index (Phi) is 6.33. The molecule has 1 aromatic carbocycles. The molecule has 0 radical (unpaired) electrons. The van der Waals surface area contributed by atoms with Gasteiger partial charge in [0.05, 0.1) is 5.60 Å². The first-order chi connectivity index (χ1) is 10.6. The second-order valence-electron chi connectivity index (χ2n) is 6.84. The van der Waals surface area contributed by atoms with Crippen molar-refractivity contribution >= 4 is 17.5 Å². The van der Waals surface area contributed by atoms with Crippen molar-refractivity contribution in [3.05, 3.63) is 29.3 Å². The quantitative estimate of drug-likeness (QED) is 0.730. The van der Waals surface area contributed by atoms with Crippen molar-refractivity contribution in [2.75, 3.05) is 11.9 Å². The zero-order valence-electron chi connectivity index (χ0n) is 14.9. The maximum Gasteiger partial charge on any atom is 0.313 e. The third-order valence-electron chi connectivity index (χ3n) is 4.22. The van der Waals surface area contributed by atoms with E-state index in [1.165, 1.54) is 0 Å². The van der Waals surface area contributed by atoms with E-state index in [4.69, 9.17) is 0 Å². The summed E-state index contributed by atoms with van der Waals surface area (Å²) in [5, 5.41) is 15.3. The molecule has 5 nitrogen and oxygen atoms in total. The van der Waals surface area contributed by atoms with Gasteiger partial charge in [-0.25, -0.2) is 0 Å². The van der Waals surface area contributed by atoms with E-state index in [-0.39, 0.29) is 18.4 Å². The standard InChI is InChI=1S/C18H28N2O3/c1-11(2)14-9-7-8-13(5)15(14)20-17(22)16(21)19-10-18(6,23)12(3)4/h7-9,11-12,23H,10H2,1-6H3,(H,19,21)(H,20,22). The second kappa shape index (κ2) is 7.59. The van der Waals surface area contributed by atoms with Crippen molar-refractivity contribution in [2.24, 2.45) is 5.92 Å². The highest BCUT2D eigenvalue weighted by Crippen LogP contribution is 2.27. The van der Waals surface area contributed by atoms with Crippen LogP contribution in [0.25, 0.3) is 0 Å². The lowest BCUT2D eigenvalue weighted by molar-refractivity contribution is -0.137. The number of carbonyl (C=O) groups excluding carboxylic acids is 2. The molecule has 0 aromatic heterocycles. The van der Waals surface area contributed by atoms with Crippen LogP contribution in [0.5, 0.6) is 0 Å². The summed E-state index contributed by atoms with van der Waals surface area (Å²) < 4.78 is 0. The maximum atomic E-state index is 12.1. The molecule has 1 atom stereocenters. The van der Waals surface area contributed by atoms with Gasteiger partial charge in [-0.3, -0.25) is 9.59 Å². The Balaban J connectivity index is 2.79. The highest BCUT2D eigenvalue weighted by atomic mass is 16.3. The summed E-state index contributed by atoms with van der Waals surface area (Å²) in [7, 11) is 0. The van der Waals surface area contributed by atoms with Crippen molar-refractivity contribution in [3.8, 4) is 0 Å². The number of aryl methyl sites for hydroxylation is 1. The lowest BCUT2D eigenvalue weighted by Crippen LogP contribution is -2.47. The van der Waals surface area contributed by atoms with Gasteiger partial charge < -0.3 is 15.7 Å². The first-order valence-corrected chi connectivity index (χ1v) is 7.97. The fourth-order valence-electron chi connectivity index (χ4n) is 2.06. The first kappa shape index (κ1) is 19.2. The molecule has 0 fully saturated rings. The van der Waals surface area contributed by atoms with E-state index in [9.17, 15) is 14.7 Å². The number of nitrogens with one attached hydrogen (secondary N) is 2. The third-order valence-corrected chi connectivity index (χ3v) is 4.22. The number of carbonyl (C=O) groups is 2. The molecule has 0 bridgehead atoms. The summed E-state index contributed by atoms with van der Waals surface area (Å²) >= 11 is 0. The minimum atomic E-state index is -1.05. The molecular formula is C18H28N2O3. The molecule has 0 saturated heterocycles. The SMILES string of the molecule is Cc1cccc(C(C)C)c1NC(=O)C(=O)NCC(C)(O)C(C)C. The number of hydrogen-bond acceptors (Lipinski definition) is 3. The molecule has 1 unspecified atom stereocenters. The van der Waals surface area contributed by atoms with E-state index in [1.807, 2.05) is 52.8 Å². The van der Waals surface area contributed by atoms with Crippen molar-refractivity contribution in [3.63, 3.8) is 0 Å². The predicted molar refractivity (Wildman–Crippen MR) is 92.4 cm³/mol. The summed E-state index contributed by atoms with van der Waals surface area (Å²) in [5.74, 6) is -1.27. The lowest BCUT2D eigenvalue weighted by atomic mass is 9.92. The number of hydrogen-bond donors (Lipinski definition) is 3. The van der Waals surface area contributed by atoms with Gasteiger partial charge in [0.25, 0.3) is 0 Å².